The molecule has 1 aromatic rings. The smallest absolute Gasteiger partial charge is 0.243 e. The number of rotatable bonds is 3. The highest BCUT2D eigenvalue weighted by molar-refractivity contribution is 7.89. The number of carbonyl (C=O) groups is 1. The zero-order valence-electron chi connectivity index (χ0n) is 12.3. The molecule has 1 aliphatic heterocycles. The van der Waals surface area contributed by atoms with Crippen LogP contribution in [0.15, 0.2) is 17.0 Å². The molecule has 0 spiro atoms. The first-order valence-electron chi connectivity index (χ1n) is 6.90. The average molecular weight is 311 g/mol. The lowest BCUT2D eigenvalue weighted by molar-refractivity contribution is -0.122. The van der Waals surface area contributed by atoms with E-state index < -0.39 is 21.8 Å². The predicted octanol–water partition coefficient (Wildman–Crippen LogP) is 0.772. The lowest BCUT2D eigenvalue weighted by Crippen LogP contribution is -2.44. The second kappa shape index (κ2) is 5.65. The first-order chi connectivity index (χ1) is 9.75. The number of aryl methyl sites for hydroxylation is 1. The van der Waals surface area contributed by atoms with Crippen molar-refractivity contribution in [2.75, 3.05) is 18.8 Å². The van der Waals surface area contributed by atoms with E-state index in [0.29, 0.717) is 36.2 Å². The molecule has 0 aliphatic carbocycles. The molecular formula is C14H21N3O3S. The summed E-state index contributed by atoms with van der Waals surface area (Å²) in [6.07, 6.45) is 1.27. The summed E-state index contributed by atoms with van der Waals surface area (Å²) in [5.41, 5.74) is 12.8. The van der Waals surface area contributed by atoms with Crippen molar-refractivity contribution in [1.82, 2.24) is 4.31 Å². The van der Waals surface area contributed by atoms with Gasteiger partial charge in [-0.2, -0.15) is 4.31 Å². The van der Waals surface area contributed by atoms with Crippen LogP contribution in [0, 0.1) is 19.8 Å². The van der Waals surface area contributed by atoms with E-state index in [-0.39, 0.29) is 11.4 Å². The van der Waals surface area contributed by atoms with E-state index in [2.05, 4.69) is 0 Å². The van der Waals surface area contributed by atoms with Crippen LogP contribution >= 0.6 is 0 Å². The van der Waals surface area contributed by atoms with Gasteiger partial charge in [-0.15, -0.1) is 0 Å². The quantitative estimate of drug-likeness (QED) is 0.804. The van der Waals surface area contributed by atoms with Crippen molar-refractivity contribution in [1.29, 1.82) is 0 Å². The van der Waals surface area contributed by atoms with Crippen molar-refractivity contribution >= 4 is 21.6 Å². The number of hydrogen-bond donors (Lipinski definition) is 2. The Morgan fingerprint density at radius 2 is 2.00 bits per heavy atom. The molecular weight excluding hydrogens is 290 g/mol. The molecule has 1 fully saturated rings. The highest BCUT2D eigenvalue weighted by Gasteiger charge is 2.34. The van der Waals surface area contributed by atoms with Crippen molar-refractivity contribution in [3.8, 4) is 0 Å². The number of hydrogen-bond acceptors (Lipinski definition) is 4. The fourth-order valence-corrected chi connectivity index (χ4v) is 4.74. The molecule has 1 aliphatic rings. The number of amides is 1. The molecule has 1 heterocycles. The van der Waals surface area contributed by atoms with Gasteiger partial charge >= 0.3 is 0 Å². The number of nitrogen functional groups attached to an aromatic ring is 1. The topological polar surface area (TPSA) is 106 Å². The molecule has 116 valence electrons. The third-order valence-electron chi connectivity index (χ3n) is 4.03. The monoisotopic (exact) mass is 311 g/mol. The minimum absolute atomic E-state index is 0.144. The van der Waals surface area contributed by atoms with Crippen molar-refractivity contribution in [2.45, 2.75) is 31.6 Å². The SMILES string of the molecule is Cc1ccc(N)c(C)c1S(=O)(=O)N1CCCC(C(N)=O)C1. The highest BCUT2D eigenvalue weighted by atomic mass is 32.2. The number of carbonyl (C=O) groups excluding carboxylic acids is 1. The molecule has 0 bridgehead atoms. The first kappa shape index (κ1) is 15.8. The fraction of sp³-hybridized carbons (Fsp3) is 0.500. The molecule has 21 heavy (non-hydrogen) atoms. The summed E-state index contributed by atoms with van der Waals surface area (Å²) >= 11 is 0. The summed E-state index contributed by atoms with van der Waals surface area (Å²) < 4.78 is 27.1. The van der Waals surface area contributed by atoms with Gasteiger partial charge in [0.05, 0.1) is 10.8 Å². The number of sulfonamides is 1. The molecule has 1 saturated heterocycles. The van der Waals surface area contributed by atoms with Crippen LogP contribution < -0.4 is 11.5 Å². The third kappa shape index (κ3) is 2.89. The second-order valence-electron chi connectivity index (χ2n) is 5.53. The van der Waals surface area contributed by atoms with Crippen LogP contribution in [0.3, 0.4) is 0 Å². The molecule has 2 rings (SSSR count). The Hall–Kier alpha value is -1.60. The molecule has 7 heteroatoms. The fourth-order valence-electron chi connectivity index (χ4n) is 2.76. The van der Waals surface area contributed by atoms with Crippen molar-refractivity contribution in [2.24, 2.45) is 11.7 Å². The van der Waals surface area contributed by atoms with E-state index in [1.54, 1.807) is 26.0 Å². The Kier molecular flexibility index (Phi) is 4.25. The van der Waals surface area contributed by atoms with Crippen LogP contribution in [-0.2, 0) is 14.8 Å². The minimum Gasteiger partial charge on any atom is -0.398 e. The van der Waals surface area contributed by atoms with Crippen LogP contribution in [0.1, 0.15) is 24.0 Å². The van der Waals surface area contributed by atoms with Gasteiger partial charge in [0, 0.05) is 18.8 Å². The van der Waals surface area contributed by atoms with Crippen LogP contribution in [0.25, 0.3) is 0 Å². The number of anilines is 1. The minimum atomic E-state index is -3.67. The van der Waals surface area contributed by atoms with Crippen LogP contribution in [0.4, 0.5) is 5.69 Å². The third-order valence-corrected chi connectivity index (χ3v) is 6.18. The van der Waals surface area contributed by atoms with E-state index in [1.165, 1.54) is 4.31 Å². The van der Waals surface area contributed by atoms with Gasteiger partial charge in [-0.3, -0.25) is 4.79 Å². The maximum Gasteiger partial charge on any atom is 0.243 e. The van der Waals surface area contributed by atoms with Gasteiger partial charge in [0.25, 0.3) is 0 Å². The molecule has 4 N–H and O–H groups in total. The van der Waals surface area contributed by atoms with E-state index >= 15 is 0 Å². The van der Waals surface area contributed by atoms with Crippen molar-refractivity contribution < 1.29 is 13.2 Å². The van der Waals surface area contributed by atoms with Gasteiger partial charge in [0.1, 0.15) is 0 Å². The maximum absolute atomic E-state index is 12.9. The zero-order chi connectivity index (χ0) is 15.8. The lowest BCUT2D eigenvalue weighted by Gasteiger charge is -2.31. The number of nitrogens with zero attached hydrogens (tertiary/aromatic N) is 1. The number of piperidine rings is 1. The standard InChI is InChI=1S/C14H21N3O3S/c1-9-5-6-12(15)10(2)13(9)21(19,20)17-7-3-4-11(8-17)14(16)18/h5-6,11H,3-4,7-8,15H2,1-2H3,(H2,16,18). The summed E-state index contributed by atoms with van der Waals surface area (Å²) in [5.74, 6) is -0.869. The largest absolute Gasteiger partial charge is 0.398 e. The van der Waals surface area contributed by atoms with Gasteiger partial charge in [-0.25, -0.2) is 8.42 Å². The average Bonchev–Trinajstić information content (AvgIpc) is 2.43. The van der Waals surface area contributed by atoms with E-state index in [1.807, 2.05) is 0 Å². The molecule has 1 unspecified atom stereocenters. The Morgan fingerprint density at radius 1 is 1.33 bits per heavy atom. The maximum atomic E-state index is 12.9. The predicted molar refractivity (Wildman–Crippen MR) is 81.0 cm³/mol. The number of benzene rings is 1. The molecule has 0 aromatic heterocycles. The van der Waals surface area contributed by atoms with Crippen LogP contribution in [0.5, 0.6) is 0 Å². The highest BCUT2D eigenvalue weighted by Crippen LogP contribution is 2.30. The van der Waals surface area contributed by atoms with E-state index in [9.17, 15) is 13.2 Å². The van der Waals surface area contributed by atoms with Gasteiger partial charge in [-0.05, 0) is 43.9 Å². The van der Waals surface area contributed by atoms with E-state index in [4.69, 9.17) is 11.5 Å². The molecule has 1 amide bonds. The normalized spacial score (nSPS) is 20.4. The summed E-state index contributed by atoms with van der Waals surface area (Å²) in [5, 5.41) is 0. The van der Waals surface area contributed by atoms with Gasteiger partial charge in [-0.1, -0.05) is 6.07 Å². The van der Waals surface area contributed by atoms with Gasteiger partial charge in [0.2, 0.25) is 15.9 Å². The molecule has 0 radical (unpaired) electrons. The molecule has 1 aromatic carbocycles. The van der Waals surface area contributed by atoms with Crippen molar-refractivity contribution in [3.05, 3.63) is 23.3 Å². The molecule has 6 nitrogen and oxygen atoms in total. The lowest BCUT2D eigenvalue weighted by atomic mass is 9.99. The molecule has 0 saturated carbocycles. The van der Waals surface area contributed by atoms with Crippen LogP contribution in [-0.4, -0.2) is 31.7 Å². The van der Waals surface area contributed by atoms with Crippen molar-refractivity contribution in [3.63, 3.8) is 0 Å². The Bertz CT molecular complexity index is 670. The second-order valence-corrected chi connectivity index (χ2v) is 7.41. The molecule has 1 atom stereocenters. The Morgan fingerprint density at radius 3 is 2.62 bits per heavy atom. The summed E-state index contributed by atoms with van der Waals surface area (Å²) in [7, 11) is -3.67. The summed E-state index contributed by atoms with van der Waals surface area (Å²) in [4.78, 5) is 11.6. The van der Waals surface area contributed by atoms with Gasteiger partial charge < -0.3 is 11.5 Å². The Labute approximate surface area is 125 Å². The van der Waals surface area contributed by atoms with Gasteiger partial charge in [0.15, 0.2) is 0 Å². The van der Waals surface area contributed by atoms with E-state index in [0.717, 1.165) is 0 Å². The first-order valence-corrected chi connectivity index (χ1v) is 8.34. The zero-order valence-corrected chi connectivity index (χ0v) is 13.1. The van der Waals surface area contributed by atoms with Crippen LogP contribution in [0.2, 0.25) is 0 Å². The summed E-state index contributed by atoms with van der Waals surface area (Å²) in [6, 6.07) is 3.40. The number of primary amides is 1. The number of nitrogens with two attached hydrogens (primary N) is 2. The Balaban J connectivity index is 2.43. The summed E-state index contributed by atoms with van der Waals surface area (Å²) in [6.45, 7) is 3.99.